The Morgan fingerprint density at radius 3 is 2.63 bits per heavy atom. The number of carboxylic acids is 1. The van der Waals surface area contributed by atoms with E-state index in [2.05, 4.69) is 10.6 Å². The molecule has 0 fully saturated rings. The molecule has 0 saturated carbocycles. The molecular formula is C19H17FN2O5. The molecule has 2 aromatic carbocycles. The Labute approximate surface area is 154 Å². The highest BCUT2D eigenvalue weighted by Crippen LogP contribution is 2.33. The second-order valence-corrected chi connectivity index (χ2v) is 6.11. The molecule has 1 aliphatic rings. The zero-order valence-corrected chi connectivity index (χ0v) is 14.4. The maximum absolute atomic E-state index is 13.1. The van der Waals surface area contributed by atoms with Crippen molar-refractivity contribution >= 4 is 23.5 Å². The van der Waals surface area contributed by atoms with Crippen molar-refractivity contribution in [2.45, 2.75) is 25.5 Å². The molecule has 3 N–H and O–H groups in total. The van der Waals surface area contributed by atoms with Crippen LogP contribution in [-0.2, 0) is 9.59 Å². The van der Waals surface area contributed by atoms with Crippen LogP contribution < -0.4 is 15.4 Å². The fraction of sp³-hybridized carbons (Fsp3) is 0.211. The third kappa shape index (κ3) is 4.05. The van der Waals surface area contributed by atoms with Gasteiger partial charge in [0.1, 0.15) is 5.82 Å². The standard InChI is InChI=1S/C19H17FN2O5/c1-10-18(25)21-14-4-2-3-13(17(14)27-10)19(26)22-15(9-16(23)24)11-5-7-12(20)8-6-11/h2-8,10,15H,9H2,1H3,(H,21,25)(H,22,26)(H,23,24)/t10-,15+/m0/s1. The van der Waals surface area contributed by atoms with Crippen molar-refractivity contribution in [2.75, 3.05) is 5.32 Å². The molecule has 0 aromatic heterocycles. The lowest BCUT2D eigenvalue weighted by molar-refractivity contribution is -0.137. The number of carbonyl (C=O) groups is 3. The van der Waals surface area contributed by atoms with Crippen molar-refractivity contribution in [3.8, 4) is 5.75 Å². The summed E-state index contributed by atoms with van der Waals surface area (Å²) in [6, 6.07) is 9.07. The molecule has 0 bridgehead atoms. The summed E-state index contributed by atoms with van der Waals surface area (Å²) in [6.07, 6.45) is -1.14. The van der Waals surface area contributed by atoms with Crippen LogP contribution in [0.2, 0.25) is 0 Å². The summed E-state index contributed by atoms with van der Waals surface area (Å²) < 4.78 is 18.7. The Bertz CT molecular complexity index is 897. The van der Waals surface area contributed by atoms with Crippen LogP contribution in [0.5, 0.6) is 5.75 Å². The third-order valence-corrected chi connectivity index (χ3v) is 4.14. The number of fused-ring (bicyclic) bond motifs is 1. The number of aliphatic carboxylic acids is 1. The molecule has 0 saturated heterocycles. The molecular weight excluding hydrogens is 355 g/mol. The van der Waals surface area contributed by atoms with Gasteiger partial charge < -0.3 is 20.5 Å². The van der Waals surface area contributed by atoms with Crippen LogP contribution in [0, 0.1) is 5.82 Å². The fourth-order valence-electron chi connectivity index (χ4n) is 2.76. The van der Waals surface area contributed by atoms with Gasteiger partial charge in [0.05, 0.1) is 23.7 Å². The number of rotatable bonds is 5. The molecule has 0 radical (unpaired) electrons. The first-order valence-electron chi connectivity index (χ1n) is 8.24. The molecule has 2 aromatic rings. The minimum Gasteiger partial charge on any atom is -0.481 e. The minimum absolute atomic E-state index is 0.164. The number of nitrogens with one attached hydrogen (secondary N) is 2. The lowest BCUT2D eigenvalue weighted by Gasteiger charge is -2.25. The van der Waals surface area contributed by atoms with E-state index in [1.54, 1.807) is 19.1 Å². The van der Waals surface area contributed by atoms with Crippen LogP contribution in [0.3, 0.4) is 0 Å². The quantitative estimate of drug-likeness (QED) is 0.748. The summed E-state index contributed by atoms with van der Waals surface area (Å²) in [6.45, 7) is 1.55. The van der Waals surface area contributed by atoms with E-state index in [4.69, 9.17) is 9.84 Å². The smallest absolute Gasteiger partial charge is 0.305 e. The Kier molecular flexibility index (Phi) is 5.07. The van der Waals surface area contributed by atoms with E-state index in [0.717, 1.165) is 0 Å². The van der Waals surface area contributed by atoms with Crippen molar-refractivity contribution in [3.05, 3.63) is 59.4 Å². The maximum atomic E-state index is 13.1. The average Bonchev–Trinajstić information content (AvgIpc) is 2.62. The summed E-state index contributed by atoms with van der Waals surface area (Å²) in [4.78, 5) is 35.7. The second-order valence-electron chi connectivity index (χ2n) is 6.11. The van der Waals surface area contributed by atoms with Gasteiger partial charge in [-0.3, -0.25) is 14.4 Å². The van der Waals surface area contributed by atoms with Crippen molar-refractivity contribution in [3.63, 3.8) is 0 Å². The third-order valence-electron chi connectivity index (χ3n) is 4.14. The summed E-state index contributed by atoms with van der Waals surface area (Å²) in [5, 5.41) is 14.4. The van der Waals surface area contributed by atoms with Crippen LogP contribution in [0.25, 0.3) is 0 Å². The molecule has 1 heterocycles. The first kappa shape index (κ1) is 18.4. The van der Waals surface area contributed by atoms with E-state index in [1.165, 1.54) is 30.3 Å². The number of anilines is 1. The molecule has 2 amide bonds. The molecule has 27 heavy (non-hydrogen) atoms. The maximum Gasteiger partial charge on any atom is 0.305 e. The van der Waals surface area contributed by atoms with Gasteiger partial charge in [0.25, 0.3) is 11.8 Å². The van der Waals surface area contributed by atoms with Crippen molar-refractivity contribution in [1.29, 1.82) is 0 Å². The zero-order valence-electron chi connectivity index (χ0n) is 14.4. The SMILES string of the molecule is C[C@@H]1Oc2c(cccc2C(=O)N[C@H](CC(=O)O)c2ccc(F)cc2)NC1=O. The van der Waals surface area contributed by atoms with Gasteiger partial charge in [-0.05, 0) is 36.8 Å². The van der Waals surface area contributed by atoms with Crippen LogP contribution in [0.4, 0.5) is 10.1 Å². The first-order valence-corrected chi connectivity index (χ1v) is 8.24. The van der Waals surface area contributed by atoms with E-state index >= 15 is 0 Å². The molecule has 2 atom stereocenters. The van der Waals surface area contributed by atoms with E-state index in [-0.39, 0.29) is 23.6 Å². The number of halogens is 1. The number of hydrogen-bond acceptors (Lipinski definition) is 4. The Morgan fingerprint density at radius 1 is 1.26 bits per heavy atom. The number of ether oxygens (including phenoxy) is 1. The van der Waals surface area contributed by atoms with Crippen LogP contribution in [0.1, 0.15) is 35.3 Å². The second kappa shape index (κ2) is 7.45. The normalized spacial score (nSPS) is 16.5. The lowest BCUT2D eigenvalue weighted by atomic mass is 10.0. The van der Waals surface area contributed by atoms with Gasteiger partial charge >= 0.3 is 5.97 Å². The van der Waals surface area contributed by atoms with Crippen molar-refractivity contribution in [2.24, 2.45) is 0 Å². The fourth-order valence-corrected chi connectivity index (χ4v) is 2.76. The molecule has 1 aliphatic heterocycles. The highest BCUT2D eigenvalue weighted by molar-refractivity contribution is 6.04. The predicted molar refractivity (Wildman–Crippen MR) is 94.0 cm³/mol. The van der Waals surface area contributed by atoms with E-state index in [0.29, 0.717) is 11.3 Å². The molecule has 0 spiro atoms. The highest BCUT2D eigenvalue weighted by Gasteiger charge is 2.28. The topological polar surface area (TPSA) is 105 Å². The number of carbonyl (C=O) groups excluding carboxylic acids is 2. The summed E-state index contributed by atoms with van der Waals surface area (Å²) in [7, 11) is 0. The van der Waals surface area contributed by atoms with Crippen molar-refractivity contribution < 1.29 is 28.6 Å². The molecule has 0 aliphatic carbocycles. The largest absolute Gasteiger partial charge is 0.481 e. The monoisotopic (exact) mass is 372 g/mol. The highest BCUT2D eigenvalue weighted by atomic mass is 19.1. The van der Waals surface area contributed by atoms with Gasteiger partial charge in [-0.2, -0.15) is 0 Å². The van der Waals surface area contributed by atoms with Crippen LogP contribution in [0.15, 0.2) is 42.5 Å². The first-order chi connectivity index (χ1) is 12.8. The van der Waals surface area contributed by atoms with Gasteiger partial charge in [0.2, 0.25) is 0 Å². The molecule has 8 heteroatoms. The lowest BCUT2D eigenvalue weighted by Crippen LogP contribution is -2.36. The van der Waals surface area contributed by atoms with E-state index < -0.39 is 29.8 Å². The number of hydrogen-bond donors (Lipinski definition) is 3. The minimum atomic E-state index is -1.11. The predicted octanol–water partition coefficient (Wildman–Crippen LogP) is 2.49. The average molecular weight is 372 g/mol. The van der Waals surface area contributed by atoms with Gasteiger partial charge in [-0.15, -0.1) is 0 Å². The summed E-state index contributed by atoms with van der Waals surface area (Å²) in [5.41, 5.74) is 0.985. The number of carboxylic acid groups (broad SMARTS) is 1. The Balaban J connectivity index is 1.88. The van der Waals surface area contributed by atoms with Gasteiger partial charge in [0, 0.05) is 0 Å². The number of amides is 2. The molecule has 3 rings (SSSR count). The van der Waals surface area contributed by atoms with E-state index in [1.807, 2.05) is 0 Å². The molecule has 7 nitrogen and oxygen atoms in total. The Morgan fingerprint density at radius 2 is 1.96 bits per heavy atom. The molecule has 0 unspecified atom stereocenters. The van der Waals surface area contributed by atoms with Gasteiger partial charge in [0.15, 0.2) is 11.9 Å². The molecule has 140 valence electrons. The van der Waals surface area contributed by atoms with Crippen LogP contribution in [-0.4, -0.2) is 29.0 Å². The zero-order chi connectivity index (χ0) is 19.6. The van der Waals surface area contributed by atoms with Crippen LogP contribution >= 0.6 is 0 Å². The van der Waals surface area contributed by atoms with E-state index in [9.17, 15) is 18.8 Å². The summed E-state index contributed by atoms with van der Waals surface area (Å²) in [5.74, 6) is -2.25. The van der Waals surface area contributed by atoms with Crippen molar-refractivity contribution in [1.82, 2.24) is 5.32 Å². The summed E-state index contributed by atoms with van der Waals surface area (Å²) >= 11 is 0. The number of para-hydroxylation sites is 1. The Hall–Kier alpha value is -3.42. The number of benzene rings is 2. The van der Waals surface area contributed by atoms with Gasteiger partial charge in [-0.25, -0.2) is 4.39 Å². The van der Waals surface area contributed by atoms with Gasteiger partial charge in [-0.1, -0.05) is 18.2 Å².